The van der Waals surface area contributed by atoms with Crippen LogP contribution < -0.4 is 4.72 Å². The van der Waals surface area contributed by atoms with Crippen molar-refractivity contribution in [2.45, 2.75) is 29.2 Å². The van der Waals surface area contributed by atoms with E-state index in [1.807, 2.05) is 6.92 Å². The van der Waals surface area contributed by atoms with Gasteiger partial charge in [0, 0.05) is 32.8 Å². The fourth-order valence-electron chi connectivity index (χ4n) is 2.21. The van der Waals surface area contributed by atoms with E-state index in [9.17, 15) is 18.5 Å². The Kier molecular flexibility index (Phi) is 5.88. The predicted molar refractivity (Wildman–Crippen MR) is 100 cm³/mol. The number of aryl methyl sites for hydroxylation is 1. The standard InChI is InChI=1S/C16H16BrClN2O4S/c1-11-7-9-12(10-8-11)25(23,24)19-15(16(2,17)20(21)22)13-5-3-4-6-14(13)18/h3-10,15,19H,1-2H3/t15-,16+/m1/s1. The maximum absolute atomic E-state index is 12.7. The molecular weight excluding hydrogens is 432 g/mol. The molecule has 25 heavy (non-hydrogen) atoms. The van der Waals surface area contributed by atoms with Crippen molar-refractivity contribution in [2.75, 3.05) is 0 Å². The molecule has 0 saturated carbocycles. The zero-order valence-corrected chi connectivity index (χ0v) is 16.6. The Labute approximate surface area is 159 Å². The Balaban J connectivity index is 2.52. The Morgan fingerprint density at radius 2 is 1.76 bits per heavy atom. The average molecular weight is 448 g/mol. The van der Waals surface area contributed by atoms with Crippen molar-refractivity contribution < 1.29 is 13.3 Å². The number of hydrogen-bond acceptors (Lipinski definition) is 4. The van der Waals surface area contributed by atoms with Gasteiger partial charge in [0.05, 0.1) is 4.90 Å². The van der Waals surface area contributed by atoms with Crippen LogP contribution in [0.1, 0.15) is 24.1 Å². The van der Waals surface area contributed by atoms with Crippen LogP contribution in [0.15, 0.2) is 53.4 Å². The lowest BCUT2D eigenvalue weighted by Crippen LogP contribution is -2.45. The molecule has 0 aliphatic heterocycles. The fraction of sp³-hybridized carbons (Fsp3) is 0.250. The van der Waals surface area contributed by atoms with Gasteiger partial charge in [0.1, 0.15) is 6.04 Å². The van der Waals surface area contributed by atoms with E-state index in [1.165, 1.54) is 19.1 Å². The van der Waals surface area contributed by atoms with Gasteiger partial charge in [0.15, 0.2) is 0 Å². The van der Waals surface area contributed by atoms with Gasteiger partial charge in [0.2, 0.25) is 10.0 Å². The molecule has 9 heteroatoms. The molecule has 0 bridgehead atoms. The highest BCUT2D eigenvalue weighted by Gasteiger charge is 2.47. The second kappa shape index (κ2) is 7.41. The summed E-state index contributed by atoms with van der Waals surface area (Å²) in [7, 11) is -4.00. The number of halogens is 2. The number of nitrogens with zero attached hydrogens (tertiary/aromatic N) is 1. The van der Waals surface area contributed by atoms with E-state index in [4.69, 9.17) is 11.6 Å². The minimum atomic E-state index is -4.00. The predicted octanol–water partition coefficient (Wildman–Crippen LogP) is 4.06. The largest absolute Gasteiger partial charge is 0.291 e. The summed E-state index contributed by atoms with van der Waals surface area (Å²) in [4.78, 5) is 10.9. The minimum absolute atomic E-state index is 0.0156. The molecule has 1 N–H and O–H groups in total. The maximum Gasteiger partial charge on any atom is 0.291 e. The van der Waals surface area contributed by atoms with Gasteiger partial charge in [-0.15, -0.1) is 0 Å². The van der Waals surface area contributed by atoms with Crippen LogP contribution in [-0.4, -0.2) is 17.8 Å². The topological polar surface area (TPSA) is 89.3 Å². The number of nitro groups is 1. The van der Waals surface area contributed by atoms with Gasteiger partial charge in [0.25, 0.3) is 4.45 Å². The van der Waals surface area contributed by atoms with Crippen molar-refractivity contribution in [1.82, 2.24) is 4.72 Å². The number of alkyl halides is 1. The molecular formula is C16H16BrClN2O4S. The van der Waals surface area contributed by atoms with Crippen LogP contribution in [-0.2, 0) is 10.0 Å². The molecule has 0 unspecified atom stereocenters. The van der Waals surface area contributed by atoms with Gasteiger partial charge < -0.3 is 0 Å². The lowest BCUT2D eigenvalue weighted by Gasteiger charge is -2.27. The van der Waals surface area contributed by atoms with Crippen LogP contribution in [0, 0.1) is 17.0 Å². The molecule has 2 atom stereocenters. The summed E-state index contributed by atoms with van der Waals surface area (Å²) in [5.41, 5.74) is 1.20. The zero-order valence-electron chi connectivity index (χ0n) is 13.4. The second-order valence-electron chi connectivity index (χ2n) is 5.67. The van der Waals surface area contributed by atoms with E-state index in [0.717, 1.165) is 5.56 Å². The van der Waals surface area contributed by atoms with Crippen molar-refractivity contribution in [3.05, 3.63) is 74.8 Å². The van der Waals surface area contributed by atoms with E-state index in [2.05, 4.69) is 20.7 Å². The first-order valence-electron chi connectivity index (χ1n) is 7.22. The Morgan fingerprint density at radius 3 is 2.28 bits per heavy atom. The molecule has 0 radical (unpaired) electrons. The molecule has 0 aromatic heterocycles. The summed E-state index contributed by atoms with van der Waals surface area (Å²) >= 11 is 9.18. The molecule has 134 valence electrons. The van der Waals surface area contributed by atoms with Crippen molar-refractivity contribution in [1.29, 1.82) is 0 Å². The van der Waals surface area contributed by atoms with Crippen LogP contribution in [0.3, 0.4) is 0 Å². The highest BCUT2D eigenvalue weighted by Crippen LogP contribution is 2.38. The van der Waals surface area contributed by atoms with E-state index >= 15 is 0 Å². The van der Waals surface area contributed by atoms with E-state index in [-0.39, 0.29) is 9.92 Å². The third-order valence-electron chi connectivity index (χ3n) is 3.70. The summed E-state index contributed by atoms with van der Waals surface area (Å²) in [6, 6.07) is 11.4. The number of sulfonamides is 1. The van der Waals surface area contributed by atoms with Crippen molar-refractivity contribution in [2.24, 2.45) is 0 Å². The first kappa shape index (κ1) is 19.8. The number of rotatable bonds is 6. The molecule has 0 fully saturated rings. The smallest absolute Gasteiger partial charge is 0.263 e. The molecule has 0 saturated heterocycles. The van der Waals surface area contributed by atoms with Crippen molar-refractivity contribution in [3.8, 4) is 0 Å². The van der Waals surface area contributed by atoms with Crippen molar-refractivity contribution >= 4 is 37.6 Å². The number of nitrogens with one attached hydrogen (secondary N) is 1. The van der Waals surface area contributed by atoms with E-state index in [0.29, 0.717) is 5.56 Å². The van der Waals surface area contributed by atoms with Gasteiger partial charge in [-0.1, -0.05) is 47.5 Å². The summed E-state index contributed by atoms with van der Waals surface area (Å²) in [6.45, 7) is 3.11. The van der Waals surface area contributed by atoms with Crippen LogP contribution >= 0.6 is 27.5 Å². The van der Waals surface area contributed by atoms with Crippen LogP contribution in [0.2, 0.25) is 5.02 Å². The fourth-order valence-corrected chi connectivity index (χ4v) is 4.26. The van der Waals surface area contributed by atoms with Gasteiger partial charge in [-0.25, -0.2) is 8.42 Å². The SMILES string of the molecule is Cc1ccc(S(=O)(=O)N[C@H](c2ccccc2Cl)[C@@](C)(Br)[N+](=O)[O-])cc1. The minimum Gasteiger partial charge on any atom is -0.263 e. The first-order chi connectivity index (χ1) is 11.6. The Morgan fingerprint density at radius 1 is 1.20 bits per heavy atom. The summed E-state index contributed by atoms with van der Waals surface area (Å²) < 4.78 is 26.0. The zero-order chi connectivity index (χ0) is 18.8. The molecule has 2 aromatic rings. The Hall–Kier alpha value is -1.48. The van der Waals surface area contributed by atoms with Crippen molar-refractivity contribution in [3.63, 3.8) is 0 Å². The molecule has 0 aliphatic carbocycles. The van der Waals surface area contributed by atoms with Gasteiger partial charge in [-0.2, -0.15) is 4.72 Å². The third kappa shape index (κ3) is 4.38. The van der Waals surface area contributed by atoms with Gasteiger partial charge in [-0.3, -0.25) is 10.1 Å². The van der Waals surface area contributed by atoms with E-state index in [1.54, 1.807) is 36.4 Å². The Bertz CT molecular complexity index is 885. The highest BCUT2D eigenvalue weighted by molar-refractivity contribution is 9.10. The number of hydrogen-bond donors (Lipinski definition) is 1. The number of benzene rings is 2. The summed E-state index contributed by atoms with van der Waals surface area (Å²) in [6.07, 6.45) is 0. The third-order valence-corrected chi connectivity index (χ3v) is 6.23. The van der Waals surface area contributed by atoms with Crippen LogP contribution in [0.5, 0.6) is 0 Å². The van der Waals surface area contributed by atoms with Gasteiger partial charge in [-0.05, 0) is 30.7 Å². The van der Waals surface area contributed by atoms with E-state index < -0.39 is 25.4 Å². The monoisotopic (exact) mass is 446 g/mol. The molecule has 0 aliphatic rings. The summed E-state index contributed by atoms with van der Waals surface area (Å²) in [5.74, 6) is 0. The average Bonchev–Trinajstić information content (AvgIpc) is 2.53. The molecule has 0 amide bonds. The normalized spacial score (nSPS) is 15.4. The lowest BCUT2D eigenvalue weighted by molar-refractivity contribution is -0.536. The molecule has 2 aromatic carbocycles. The summed E-state index contributed by atoms with van der Waals surface area (Å²) in [5, 5.41) is 11.7. The van der Waals surface area contributed by atoms with Gasteiger partial charge >= 0.3 is 0 Å². The molecule has 0 heterocycles. The molecule has 6 nitrogen and oxygen atoms in total. The molecule has 2 rings (SSSR count). The first-order valence-corrected chi connectivity index (χ1v) is 9.88. The maximum atomic E-state index is 12.7. The second-order valence-corrected chi connectivity index (χ2v) is 9.40. The van der Waals surface area contributed by atoms with Crippen LogP contribution in [0.25, 0.3) is 0 Å². The molecule has 0 spiro atoms. The van der Waals surface area contributed by atoms with Crippen LogP contribution in [0.4, 0.5) is 0 Å². The lowest BCUT2D eigenvalue weighted by atomic mass is 10.0. The highest BCUT2D eigenvalue weighted by atomic mass is 79.9. The quantitative estimate of drug-likeness (QED) is 0.313.